The highest BCUT2D eigenvalue weighted by molar-refractivity contribution is 9.10. The lowest BCUT2D eigenvalue weighted by atomic mass is 10.1. The molecule has 0 fully saturated rings. The van der Waals surface area contributed by atoms with Gasteiger partial charge in [-0.05, 0) is 30.7 Å². The van der Waals surface area contributed by atoms with Gasteiger partial charge in [-0.25, -0.2) is 0 Å². The smallest absolute Gasteiger partial charge is 0.257 e. The Hall–Kier alpha value is -1.82. The third-order valence-corrected chi connectivity index (χ3v) is 5.09. The molecule has 2 aromatic carbocycles. The van der Waals surface area contributed by atoms with Crippen LogP contribution in [0.2, 0.25) is 10.0 Å². The van der Waals surface area contributed by atoms with E-state index in [1.807, 2.05) is 24.3 Å². The van der Waals surface area contributed by atoms with Gasteiger partial charge in [0, 0.05) is 16.6 Å². The quantitative estimate of drug-likeness (QED) is 0.571. The van der Waals surface area contributed by atoms with E-state index in [2.05, 4.69) is 26.4 Å². The van der Waals surface area contributed by atoms with E-state index in [9.17, 15) is 4.79 Å². The molecule has 4 nitrogen and oxygen atoms in total. The van der Waals surface area contributed by atoms with Crippen LogP contribution in [0.1, 0.15) is 21.7 Å². The minimum Gasteiger partial charge on any atom is -0.360 e. The first-order valence-electron chi connectivity index (χ1n) is 7.41. The number of halogens is 3. The van der Waals surface area contributed by atoms with E-state index in [0.29, 0.717) is 39.2 Å². The Morgan fingerprint density at radius 2 is 1.84 bits per heavy atom. The van der Waals surface area contributed by atoms with E-state index in [1.54, 1.807) is 25.1 Å². The number of carbonyl (C=O) groups excluding carboxylic acids is 1. The van der Waals surface area contributed by atoms with E-state index in [1.165, 1.54) is 0 Å². The van der Waals surface area contributed by atoms with E-state index in [4.69, 9.17) is 27.7 Å². The van der Waals surface area contributed by atoms with E-state index in [-0.39, 0.29) is 5.91 Å². The molecule has 0 spiro atoms. The zero-order valence-corrected chi connectivity index (χ0v) is 16.2. The van der Waals surface area contributed by atoms with Crippen molar-refractivity contribution in [3.05, 3.63) is 73.9 Å². The topological polar surface area (TPSA) is 55.1 Å². The predicted octanol–water partition coefficient (Wildman–Crippen LogP) is 5.65. The van der Waals surface area contributed by atoms with Crippen molar-refractivity contribution in [1.29, 1.82) is 0 Å². The van der Waals surface area contributed by atoms with Crippen LogP contribution in [0.3, 0.4) is 0 Å². The number of aryl methyl sites for hydroxylation is 1. The van der Waals surface area contributed by atoms with Gasteiger partial charge in [0.2, 0.25) is 0 Å². The Bertz CT molecular complexity index is 920. The van der Waals surface area contributed by atoms with Crippen LogP contribution in [-0.4, -0.2) is 11.1 Å². The van der Waals surface area contributed by atoms with Crippen molar-refractivity contribution in [3.8, 4) is 11.3 Å². The number of hydrogen-bond acceptors (Lipinski definition) is 3. The van der Waals surface area contributed by atoms with Crippen LogP contribution in [-0.2, 0) is 6.54 Å². The molecule has 0 aliphatic carbocycles. The Kier molecular flexibility index (Phi) is 5.47. The molecule has 3 aromatic rings. The molecule has 1 heterocycles. The molecule has 1 aromatic heterocycles. The fourth-order valence-electron chi connectivity index (χ4n) is 2.44. The highest BCUT2D eigenvalue weighted by Gasteiger charge is 2.24. The maximum absolute atomic E-state index is 12.7. The SMILES string of the molecule is Cc1onc(-c2c(Cl)cccc2Cl)c1C(=O)NCc1ccccc1Br. The Labute approximate surface area is 163 Å². The van der Waals surface area contributed by atoms with Gasteiger partial charge in [-0.1, -0.05) is 68.6 Å². The normalized spacial score (nSPS) is 10.7. The predicted molar refractivity (Wildman–Crippen MR) is 102 cm³/mol. The molecule has 0 radical (unpaired) electrons. The number of hydrogen-bond donors (Lipinski definition) is 1. The van der Waals surface area contributed by atoms with E-state index < -0.39 is 0 Å². The van der Waals surface area contributed by atoms with Gasteiger partial charge in [0.05, 0.1) is 10.0 Å². The monoisotopic (exact) mass is 438 g/mol. The molecule has 1 amide bonds. The lowest BCUT2D eigenvalue weighted by Crippen LogP contribution is -2.24. The molecule has 0 bridgehead atoms. The van der Waals surface area contributed by atoms with Crippen molar-refractivity contribution in [2.75, 3.05) is 0 Å². The van der Waals surface area contributed by atoms with E-state index >= 15 is 0 Å². The second-order valence-electron chi connectivity index (χ2n) is 5.33. The summed E-state index contributed by atoms with van der Waals surface area (Å²) >= 11 is 15.9. The van der Waals surface area contributed by atoms with Gasteiger partial charge in [0.15, 0.2) is 0 Å². The molecule has 0 unspecified atom stereocenters. The van der Waals surface area contributed by atoms with Crippen LogP contribution in [0.15, 0.2) is 51.5 Å². The average molecular weight is 440 g/mol. The van der Waals surface area contributed by atoms with Crippen molar-refractivity contribution < 1.29 is 9.32 Å². The molecule has 0 aliphatic rings. The first-order chi connectivity index (χ1) is 12.0. The van der Waals surface area contributed by atoms with Gasteiger partial charge in [0.25, 0.3) is 5.91 Å². The average Bonchev–Trinajstić information content (AvgIpc) is 2.95. The summed E-state index contributed by atoms with van der Waals surface area (Å²) in [5.41, 5.74) is 2.09. The lowest BCUT2D eigenvalue weighted by molar-refractivity contribution is 0.0950. The van der Waals surface area contributed by atoms with E-state index in [0.717, 1.165) is 10.0 Å². The van der Waals surface area contributed by atoms with Gasteiger partial charge < -0.3 is 9.84 Å². The number of carbonyl (C=O) groups is 1. The number of nitrogens with zero attached hydrogens (tertiary/aromatic N) is 1. The van der Waals surface area contributed by atoms with Crippen molar-refractivity contribution in [2.45, 2.75) is 13.5 Å². The van der Waals surface area contributed by atoms with Crippen LogP contribution < -0.4 is 5.32 Å². The summed E-state index contributed by atoms with van der Waals surface area (Å²) in [5, 5.41) is 7.67. The first kappa shape index (κ1) is 18.0. The van der Waals surface area contributed by atoms with Crippen molar-refractivity contribution in [1.82, 2.24) is 10.5 Å². The standard InChI is InChI=1S/C18H13BrCl2N2O2/c1-10-15(18(24)22-9-11-5-2-3-6-12(11)19)17(23-25-10)16-13(20)7-4-8-14(16)21/h2-8H,9H2,1H3,(H,22,24). The maximum atomic E-state index is 12.7. The summed E-state index contributed by atoms with van der Waals surface area (Å²) in [6.07, 6.45) is 0. The summed E-state index contributed by atoms with van der Waals surface area (Å²) in [7, 11) is 0. The molecule has 0 saturated carbocycles. The molecule has 3 rings (SSSR count). The van der Waals surface area contributed by atoms with Crippen molar-refractivity contribution >= 4 is 45.0 Å². The van der Waals surface area contributed by atoms with Gasteiger partial charge in [-0.3, -0.25) is 4.79 Å². The minimum atomic E-state index is -0.305. The Morgan fingerprint density at radius 1 is 1.16 bits per heavy atom. The molecule has 0 atom stereocenters. The van der Waals surface area contributed by atoms with Crippen molar-refractivity contribution in [3.63, 3.8) is 0 Å². The van der Waals surface area contributed by atoms with Crippen LogP contribution in [0.25, 0.3) is 11.3 Å². The highest BCUT2D eigenvalue weighted by atomic mass is 79.9. The molecule has 25 heavy (non-hydrogen) atoms. The lowest BCUT2D eigenvalue weighted by Gasteiger charge is -2.09. The second-order valence-corrected chi connectivity index (χ2v) is 7.00. The van der Waals surface area contributed by atoms with Crippen LogP contribution in [0.5, 0.6) is 0 Å². The van der Waals surface area contributed by atoms with Gasteiger partial charge in [0.1, 0.15) is 17.0 Å². The molecule has 128 valence electrons. The van der Waals surface area contributed by atoms with Crippen LogP contribution in [0, 0.1) is 6.92 Å². The van der Waals surface area contributed by atoms with Crippen LogP contribution in [0.4, 0.5) is 0 Å². The molecule has 0 aliphatic heterocycles. The van der Waals surface area contributed by atoms with Gasteiger partial charge >= 0.3 is 0 Å². The summed E-state index contributed by atoms with van der Waals surface area (Å²) in [6, 6.07) is 12.8. The summed E-state index contributed by atoms with van der Waals surface area (Å²) in [6.45, 7) is 2.04. The maximum Gasteiger partial charge on any atom is 0.257 e. The fraction of sp³-hybridized carbons (Fsp3) is 0.111. The molecule has 0 saturated heterocycles. The number of rotatable bonds is 4. The van der Waals surface area contributed by atoms with Crippen LogP contribution >= 0.6 is 39.1 Å². The number of amides is 1. The van der Waals surface area contributed by atoms with Gasteiger partial charge in [-0.15, -0.1) is 0 Å². The zero-order chi connectivity index (χ0) is 18.0. The summed E-state index contributed by atoms with van der Waals surface area (Å²) < 4.78 is 6.14. The summed E-state index contributed by atoms with van der Waals surface area (Å²) in [5.74, 6) is 0.0936. The minimum absolute atomic E-state index is 0.305. The molecule has 7 heteroatoms. The molecular formula is C18H13BrCl2N2O2. The van der Waals surface area contributed by atoms with Gasteiger partial charge in [-0.2, -0.15) is 0 Å². The number of benzene rings is 2. The largest absolute Gasteiger partial charge is 0.360 e. The molecule has 1 N–H and O–H groups in total. The Morgan fingerprint density at radius 3 is 2.52 bits per heavy atom. The third kappa shape index (κ3) is 3.73. The summed E-state index contributed by atoms with van der Waals surface area (Å²) in [4.78, 5) is 12.7. The number of aromatic nitrogens is 1. The third-order valence-electron chi connectivity index (χ3n) is 3.69. The van der Waals surface area contributed by atoms with Crippen molar-refractivity contribution in [2.24, 2.45) is 0 Å². The highest BCUT2D eigenvalue weighted by Crippen LogP contribution is 2.36. The Balaban J connectivity index is 1.92. The first-order valence-corrected chi connectivity index (χ1v) is 8.96. The zero-order valence-electron chi connectivity index (χ0n) is 13.1. The fourth-order valence-corrected chi connectivity index (χ4v) is 3.44. The second kappa shape index (κ2) is 7.60. The number of nitrogens with one attached hydrogen (secondary N) is 1. The molecular weight excluding hydrogens is 427 g/mol.